The van der Waals surface area contributed by atoms with Crippen LogP contribution in [0, 0.1) is 0 Å². The minimum absolute atomic E-state index is 0.0156. The van der Waals surface area contributed by atoms with E-state index in [1.807, 2.05) is 23.1 Å². The molecule has 2 fully saturated rings. The number of guanidine groups is 1. The number of amides is 2. The molecular formula is C24H38N6O2. The van der Waals surface area contributed by atoms with Crippen LogP contribution in [-0.4, -0.2) is 110 Å². The molecule has 2 saturated heterocycles. The Balaban J connectivity index is 1.51. The second kappa shape index (κ2) is 12.4. The zero-order valence-corrected chi connectivity index (χ0v) is 19.6. The molecule has 0 aliphatic carbocycles. The first-order chi connectivity index (χ1) is 15.5. The van der Waals surface area contributed by atoms with Crippen LogP contribution in [0.25, 0.3) is 0 Å². The van der Waals surface area contributed by atoms with Gasteiger partial charge in [0.1, 0.15) is 6.54 Å². The Labute approximate surface area is 192 Å². The molecule has 0 spiro atoms. The first-order valence-corrected chi connectivity index (χ1v) is 11.8. The number of rotatable bonds is 7. The van der Waals surface area contributed by atoms with Gasteiger partial charge in [0.25, 0.3) is 0 Å². The molecule has 2 aliphatic heterocycles. The van der Waals surface area contributed by atoms with Gasteiger partial charge in [-0.1, -0.05) is 30.3 Å². The monoisotopic (exact) mass is 442 g/mol. The Kier molecular flexibility index (Phi) is 9.34. The number of piperazine rings is 1. The van der Waals surface area contributed by atoms with E-state index < -0.39 is 0 Å². The lowest BCUT2D eigenvalue weighted by Gasteiger charge is -2.37. The minimum Gasteiger partial charge on any atom is -0.356 e. The number of hydrogen-bond donors (Lipinski definition) is 1. The summed E-state index contributed by atoms with van der Waals surface area (Å²) in [6.07, 6.45) is 4.38. The fourth-order valence-electron chi connectivity index (χ4n) is 4.07. The van der Waals surface area contributed by atoms with Gasteiger partial charge in [-0.25, -0.2) is 4.99 Å². The molecule has 2 heterocycles. The Hall–Kier alpha value is -2.61. The van der Waals surface area contributed by atoms with Gasteiger partial charge in [-0.05, 0) is 31.2 Å². The van der Waals surface area contributed by atoms with Gasteiger partial charge in [-0.2, -0.15) is 0 Å². The molecule has 0 unspecified atom stereocenters. The van der Waals surface area contributed by atoms with Crippen molar-refractivity contribution in [1.82, 2.24) is 24.9 Å². The van der Waals surface area contributed by atoms with Crippen LogP contribution in [-0.2, 0) is 16.0 Å². The summed E-state index contributed by atoms with van der Waals surface area (Å²) < 4.78 is 0. The van der Waals surface area contributed by atoms with Gasteiger partial charge in [0.05, 0.1) is 6.54 Å². The lowest BCUT2D eigenvalue weighted by molar-refractivity contribution is -0.133. The summed E-state index contributed by atoms with van der Waals surface area (Å²) in [5, 5.41) is 3.45. The van der Waals surface area contributed by atoms with Crippen LogP contribution >= 0.6 is 0 Å². The predicted octanol–water partition coefficient (Wildman–Crippen LogP) is 0.893. The maximum absolute atomic E-state index is 12.6. The maximum atomic E-state index is 12.6. The molecule has 1 aromatic rings. The molecule has 1 N–H and O–H groups in total. The summed E-state index contributed by atoms with van der Waals surface area (Å²) in [5.41, 5.74) is 1.27. The van der Waals surface area contributed by atoms with Crippen LogP contribution in [0.15, 0.2) is 35.3 Å². The number of nitrogens with one attached hydrogen (secondary N) is 1. The fourth-order valence-corrected chi connectivity index (χ4v) is 4.07. The standard InChI is InChI=1S/C24H38N6O2/c1-27(2)22(31)19-26-24(25-12-11-21-9-5-3-6-10-21)30-17-15-28(16-18-30)20-23(32)29-13-7-4-8-14-29/h3,5-6,9-10H,4,7-8,11-20H2,1-2H3,(H,25,26). The maximum Gasteiger partial charge on any atom is 0.243 e. The third-order valence-electron chi connectivity index (χ3n) is 6.14. The average Bonchev–Trinajstić information content (AvgIpc) is 2.82. The summed E-state index contributed by atoms with van der Waals surface area (Å²) >= 11 is 0. The fraction of sp³-hybridized carbons (Fsp3) is 0.625. The molecule has 176 valence electrons. The van der Waals surface area contributed by atoms with Crippen LogP contribution in [0.1, 0.15) is 24.8 Å². The summed E-state index contributed by atoms with van der Waals surface area (Å²) in [6.45, 7) is 6.42. The first-order valence-electron chi connectivity index (χ1n) is 11.8. The third kappa shape index (κ3) is 7.51. The van der Waals surface area contributed by atoms with E-state index >= 15 is 0 Å². The van der Waals surface area contributed by atoms with Gasteiger partial charge in [0.2, 0.25) is 11.8 Å². The smallest absolute Gasteiger partial charge is 0.243 e. The number of nitrogens with zero attached hydrogens (tertiary/aromatic N) is 5. The number of likely N-dealkylation sites (tertiary alicyclic amines) is 1. The van der Waals surface area contributed by atoms with E-state index in [2.05, 4.69) is 32.2 Å². The lowest BCUT2D eigenvalue weighted by Crippen LogP contribution is -2.54. The van der Waals surface area contributed by atoms with E-state index in [4.69, 9.17) is 0 Å². The highest BCUT2D eigenvalue weighted by atomic mass is 16.2. The quantitative estimate of drug-likeness (QED) is 0.502. The lowest BCUT2D eigenvalue weighted by atomic mass is 10.1. The molecule has 2 aliphatic rings. The Morgan fingerprint density at radius 3 is 2.28 bits per heavy atom. The topological polar surface area (TPSA) is 71.5 Å². The largest absolute Gasteiger partial charge is 0.356 e. The number of likely N-dealkylation sites (N-methyl/N-ethyl adjacent to an activating group) is 1. The molecule has 3 rings (SSSR count). The minimum atomic E-state index is -0.0156. The molecule has 32 heavy (non-hydrogen) atoms. The van der Waals surface area contributed by atoms with Crippen molar-refractivity contribution in [3.05, 3.63) is 35.9 Å². The molecule has 0 aromatic heterocycles. The molecular weight excluding hydrogens is 404 g/mol. The number of hydrogen-bond acceptors (Lipinski definition) is 4. The number of aliphatic imine (C=N–C) groups is 1. The zero-order chi connectivity index (χ0) is 22.8. The molecule has 8 heteroatoms. The molecule has 0 bridgehead atoms. The van der Waals surface area contributed by atoms with E-state index in [0.29, 0.717) is 6.54 Å². The number of carbonyl (C=O) groups is 2. The first kappa shape index (κ1) is 24.0. The van der Waals surface area contributed by atoms with Gasteiger partial charge in [0, 0.05) is 59.9 Å². The van der Waals surface area contributed by atoms with Gasteiger partial charge in [0.15, 0.2) is 5.96 Å². The number of piperidine rings is 1. The van der Waals surface area contributed by atoms with Crippen molar-refractivity contribution in [3.63, 3.8) is 0 Å². The van der Waals surface area contributed by atoms with E-state index in [1.165, 1.54) is 12.0 Å². The van der Waals surface area contributed by atoms with Crippen LogP contribution in [0.2, 0.25) is 0 Å². The van der Waals surface area contributed by atoms with Crippen LogP contribution in [0.4, 0.5) is 0 Å². The van der Waals surface area contributed by atoms with Crippen molar-refractivity contribution in [2.45, 2.75) is 25.7 Å². The average molecular weight is 443 g/mol. The molecule has 1 aromatic carbocycles. The van der Waals surface area contributed by atoms with Crippen molar-refractivity contribution >= 4 is 17.8 Å². The van der Waals surface area contributed by atoms with Crippen molar-refractivity contribution in [2.24, 2.45) is 4.99 Å². The molecule has 8 nitrogen and oxygen atoms in total. The summed E-state index contributed by atoms with van der Waals surface area (Å²) in [4.78, 5) is 37.3. The number of carbonyl (C=O) groups excluding carboxylic acids is 2. The second-order valence-electron chi connectivity index (χ2n) is 8.80. The highest BCUT2D eigenvalue weighted by Gasteiger charge is 2.24. The summed E-state index contributed by atoms with van der Waals surface area (Å²) in [6, 6.07) is 10.3. The van der Waals surface area contributed by atoms with E-state index in [9.17, 15) is 9.59 Å². The van der Waals surface area contributed by atoms with Crippen molar-refractivity contribution < 1.29 is 9.59 Å². The van der Waals surface area contributed by atoms with E-state index in [-0.39, 0.29) is 18.4 Å². The molecule has 0 radical (unpaired) electrons. The van der Waals surface area contributed by atoms with Gasteiger partial charge in [-0.15, -0.1) is 0 Å². The Bertz CT molecular complexity index is 753. The Morgan fingerprint density at radius 2 is 1.62 bits per heavy atom. The van der Waals surface area contributed by atoms with Crippen LogP contribution < -0.4 is 5.32 Å². The third-order valence-corrected chi connectivity index (χ3v) is 6.14. The summed E-state index contributed by atoms with van der Waals surface area (Å²) in [7, 11) is 3.50. The van der Waals surface area contributed by atoms with Crippen molar-refractivity contribution in [1.29, 1.82) is 0 Å². The van der Waals surface area contributed by atoms with Crippen LogP contribution in [0.5, 0.6) is 0 Å². The van der Waals surface area contributed by atoms with Gasteiger partial charge in [-0.3, -0.25) is 14.5 Å². The van der Waals surface area contributed by atoms with Crippen molar-refractivity contribution in [3.8, 4) is 0 Å². The highest BCUT2D eigenvalue weighted by molar-refractivity contribution is 5.85. The molecule has 0 atom stereocenters. The van der Waals surface area contributed by atoms with E-state index in [0.717, 1.165) is 71.0 Å². The number of benzene rings is 1. The zero-order valence-electron chi connectivity index (χ0n) is 19.6. The van der Waals surface area contributed by atoms with Gasteiger partial charge >= 0.3 is 0 Å². The summed E-state index contributed by atoms with van der Waals surface area (Å²) in [5.74, 6) is 1.01. The van der Waals surface area contributed by atoms with Crippen LogP contribution in [0.3, 0.4) is 0 Å². The Morgan fingerprint density at radius 1 is 0.938 bits per heavy atom. The van der Waals surface area contributed by atoms with Gasteiger partial charge < -0.3 is 20.0 Å². The predicted molar refractivity (Wildman–Crippen MR) is 128 cm³/mol. The SMILES string of the molecule is CN(C)C(=O)CN=C(NCCc1ccccc1)N1CCN(CC(=O)N2CCCCC2)CC1. The second-order valence-corrected chi connectivity index (χ2v) is 8.80. The van der Waals surface area contributed by atoms with Crippen molar-refractivity contribution in [2.75, 3.05) is 73.0 Å². The molecule has 0 saturated carbocycles. The highest BCUT2D eigenvalue weighted by Crippen LogP contribution is 2.10. The molecule has 2 amide bonds. The van der Waals surface area contributed by atoms with E-state index in [1.54, 1.807) is 19.0 Å². The normalized spacial score (nSPS) is 17.9.